The van der Waals surface area contributed by atoms with Crippen molar-refractivity contribution in [3.8, 4) is 17.6 Å². The second kappa shape index (κ2) is 8.74. The molecule has 0 atom stereocenters. The third-order valence-electron chi connectivity index (χ3n) is 3.46. The number of nitriles is 1. The van der Waals surface area contributed by atoms with Gasteiger partial charge in [-0.1, -0.05) is 40.9 Å². The van der Waals surface area contributed by atoms with E-state index in [-0.39, 0.29) is 49.3 Å². The topological polar surface area (TPSA) is 143 Å². The van der Waals surface area contributed by atoms with E-state index in [1.54, 1.807) is 18.2 Å². The number of nitrogens with zero attached hydrogens (tertiary/aromatic N) is 5. The number of nitrogens with one attached hydrogen (secondary N) is 2. The molecule has 0 aliphatic heterocycles. The third kappa shape index (κ3) is 4.55. The maximum atomic E-state index is 11.4. The maximum absolute atomic E-state index is 11.4. The summed E-state index contributed by atoms with van der Waals surface area (Å²) in [5.41, 5.74) is -0.353. The molecule has 0 aliphatic carbocycles. The van der Waals surface area contributed by atoms with Crippen molar-refractivity contribution >= 4 is 51.8 Å². The Morgan fingerprint density at radius 3 is 2.72 bits per heavy atom. The molecule has 0 aliphatic rings. The number of hydrogen-bond donors (Lipinski definition) is 2. The number of anilines is 1. The fourth-order valence-electron chi connectivity index (χ4n) is 2.14. The van der Waals surface area contributed by atoms with Gasteiger partial charge >= 0.3 is 0 Å². The van der Waals surface area contributed by atoms with Crippen molar-refractivity contribution in [2.75, 3.05) is 5.32 Å². The molecule has 0 saturated carbocycles. The van der Waals surface area contributed by atoms with Gasteiger partial charge in [0.25, 0.3) is 5.69 Å². The number of ether oxygens (including phenoxy) is 1. The van der Waals surface area contributed by atoms with Crippen molar-refractivity contribution in [2.24, 2.45) is 0 Å². The normalized spacial score (nSPS) is 11.0. The van der Waals surface area contributed by atoms with E-state index in [1.165, 1.54) is 12.3 Å². The van der Waals surface area contributed by atoms with Crippen molar-refractivity contribution in [2.45, 2.75) is 0 Å². The quantitative estimate of drug-likeness (QED) is 0.307. The van der Waals surface area contributed by atoms with E-state index in [0.29, 0.717) is 0 Å². The Kier molecular flexibility index (Phi) is 6.13. The molecule has 10 nitrogen and oxygen atoms in total. The first kappa shape index (κ1) is 20.3. The van der Waals surface area contributed by atoms with E-state index >= 15 is 0 Å². The molecule has 2 aromatic carbocycles. The molecule has 0 bridgehead atoms. The zero-order chi connectivity index (χ0) is 21.0. The Hall–Kier alpha value is -3.39. The summed E-state index contributed by atoms with van der Waals surface area (Å²) in [6, 6.07) is 9.01. The Labute approximate surface area is 177 Å². The highest BCUT2D eigenvalue weighted by Gasteiger charge is 2.20. The molecule has 3 rings (SSSR count). The number of aromatic amines is 1. The first-order chi connectivity index (χ1) is 13.9. The molecule has 0 spiro atoms. The lowest BCUT2D eigenvalue weighted by molar-refractivity contribution is -0.383. The van der Waals surface area contributed by atoms with E-state index in [2.05, 4.69) is 25.9 Å². The summed E-state index contributed by atoms with van der Waals surface area (Å²) in [5.74, 6) is 0.301. The van der Waals surface area contributed by atoms with Crippen LogP contribution in [0.3, 0.4) is 0 Å². The fraction of sp³-hybridized carbons (Fsp3) is 0. The van der Waals surface area contributed by atoms with Crippen LogP contribution in [0.15, 0.2) is 36.5 Å². The van der Waals surface area contributed by atoms with Crippen LogP contribution in [0.2, 0.25) is 15.1 Å². The average molecular weight is 453 g/mol. The van der Waals surface area contributed by atoms with Crippen molar-refractivity contribution in [1.82, 2.24) is 20.6 Å². The number of halogens is 3. The summed E-state index contributed by atoms with van der Waals surface area (Å²) in [5, 5.41) is 36.6. The second-order valence-corrected chi connectivity index (χ2v) is 6.45. The maximum Gasteiger partial charge on any atom is 0.294 e. The van der Waals surface area contributed by atoms with Gasteiger partial charge in [0.1, 0.15) is 33.9 Å². The van der Waals surface area contributed by atoms with Gasteiger partial charge < -0.3 is 10.1 Å². The third-order valence-corrected chi connectivity index (χ3v) is 4.56. The molecule has 3 aromatic rings. The Morgan fingerprint density at radius 1 is 1.28 bits per heavy atom. The Morgan fingerprint density at radius 2 is 2.07 bits per heavy atom. The highest BCUT2D eigenvalue weighted by molar-refractivity contribution is 6.43. The van der Waals surface area contributed by atoms with Crippen LogP contribution in [0, 0.1) is 21.4 Å². The van der Waals surface area contributed by atoms with Gasteiger partial charge in [-0.3, -0.25) is 10.1 Å². The summed E-state index contributed by atoms with van der Waals surface area (Å²) in [7, 11) is 0. The standard InChI is InChI=1S/C16H8Cl3N7O3/c17-9-2-1-3-13(15(9)19)29-14-5-11(12(26(27)28)4-10(14)18)21-7-8(6-20)16-22-24-25-23-16/h1-5,7,21H,(H,22,23,24,25). The van der Waals surface area contributed by atoms with Crippen LogP contribution < -0.4 is 10.1 Å². The van der Waals surface area contributed by atoms with Crippen molar-refractivity contribution in [3.63, 3.8) is 0 Å². The van der Waals surface area contributed by atoms with Crippen LogP contribution in [0.4, 0.5) is 11.4 Å². The SMILES string of the molecule is N#CC(=CNc1cc(Oc2cccc(Cl)c2Cl)c(Cl)cc1[N+](=O)[O-])c1nn[nH]n1. The number of tetrazole rings is 1. The summed E-state index contributed by atoms with van der Waals surface area (Å²) >= 11 is 18.2. The van der Waals surface area contributed by atoms with Crippen LogP contribution in [-0.4, -0.2) is 25.5 Å². The van der Waals surface area contributed by atoms with Crippen LogP contribution in [-0.2, 0) is 0 Å². The van der Waals surface area contributed by atoms with Gasteiger partial charge in [0, 0.05) is 18.3 Å². The lowest BCUT2D eigenvalue weighted by Gasteiger charge is -2.12. The van der Waals surface area contributed by atoms with Crippen molar-refractivity contribution < 1.29 is 9.66 Å². The predicted molar refractivity (Wildman–Crippen MR) is 106 cm³/mol. The fourth-order valence-corrected chi connectivity index (χ4v) is 2.67. The lowest BCUT2D eigenvalue weighted by atomic mass is 10.2. The number of aromatic nitrogens is 4. The molecule has 1 heterocycles. The molecule has 2 N–H and O–H groups in total. The van der Waals surface area contributed by atoms with E-state index in [4.69, 9.17) is 39.5 Å². The van der Waals surface area contributed by atoms with Crippen molar-refractivity contribution in [1.29, 1.82) is 5.26 Å². The lowest BCUT2D eigenvalue weighted by Crippen LogP contribution is -1.99. The average Bonchev–Trinajstić information content (AvgIpc) is 3.22. The summed E-state index contributed by atoms with van der Waals surface area (Å²) in [4.78, 5) is 10.7. The van der Waals surface area contributed by atoms with Gasteiger partial charge in [0.2, 0.25) is 5.82 Å². The largest absolute Gasteiger partial charge is 0.454 e. The molecule has 29 heavy (non-hydrogen) atoms. The van der Waals surface area contributed by atoms with Gasteiger partial charge in [-0.2, -0.15) is 10.5 Å². The number of nitro benzene ring substituents is 1. The van der Waals surface area contributed by atoms with E-state index in [1.807, 2.05) is 6.07 Å². The summed E-state index contributed by atoms with van der Waals surface area (Å²) < 4.78 is 5.67. The zero-order valence-electron chi connectivity index (χ0n) is 14.1. The minimum atomic E-state index is -0.640. The molecule has 1 aromatic heterocycles. The molecule has 0 saturated heterocycles. The second-order valence-electron chi connectivity index (χ2n) is 5.26. The molecule has 0 radical (unpaired) electrons. The number of benzene rings is 2. The van der Waals surface area contributed by atoms with Crippen LogP contribution >= 0.6 is 34.8 Å². The van der Waals surface area contributed by atoms with Crippen LogP contribution in [0.25, 0.3) is 5.57 Å². The monoisotopic (exact) mass is 451 g/mol. The molecule has 0 unspecified atom stereocenters. The number of allylic oxidation sites excluding steroid dienone is 1. The van der Waals surface area contributed by atoms with Crippen LogP contribution in [0.5, 0.6) is 11.5 Å². The minimum absolute atomic E-state index is 0.00351. The first-order valence-corrected chi connectivity index (χ1v) is 8.74. The minimum Gasteiger partial charge on any atom is -0.454 e. The number of rotatable bonds is 6. The van der Waals surface area contributed by atoms with Gasteiger partial charge in [0.15, 0.2) is 0 Å². The van der Waals surface area contributed by atoms with Crippen LogP contribution in [0.1, 0.15) is 5.82 Å². The molecular weight excluding hydrogens is 445 g/mol. The van der Waals surface area contributed by atoms with E-state index in [0.717, 1.165) is 6.07 Å². The first-order valence-electron chi connectivity index (χ1n) is 7.61. The van der Waals surface area contributed by atoms with Gasteiger partial charge in [0.05, 0.1) is 15.0 Å². The molecular formula is C16H8Cl3N7O3. The Bertz CT molecular complexity index is 1140. The predicted octanol–water partition coefficient (Wildman–Crippen LogP) is 4.84. The van der Waals surface area contributed by atoms with Gasteiger partial charge in [-0.05, 0) is 17.3 Å². The summed E-state index contributed by atoms with van der Waals surface area (Å²) in [6.45, 7) is 0. The van der Waals surface area contributed by atoms with Gasteiger partial charge in [-0.15, -0.1) is 10.2 Å². The van der Waals surface area contributed by atoms with E-state index < -0.39 is 4.92 Å². The molecule has 13 heteroatoms. The summed E-state index contributed by atoms with van der Waals surface area (Å²) in [6.07, 6.45) is 1.19. The molecule has 0 fully saturated rings. The smallest absolute Gasteiger partial charge is 0.294 e. The Balaban J connectivity index is 1.99. The number of nitro groups is 1. The van der Waals surface area contributed by atoms with Gasteiger partial charge in [-0.25, -0.2) is 0 Å². The highest BCUT2D eigenvalue weighted by Crippen LogP contribution is 2.41. The molecule has 0 amide bonds. The highest BCUT2D eigenvalue weighted by atomic mass is 35.5. The zero-order valence-corrected chi connectivity index (χ0v) is 16.3. The van der Waals surface area contributed by atoms with E-state index in [9.17, 15) is 15.4 Å². The number of H-pyrrole nitrogens is 1. The number of hydrogen-bond acceptors (Lipinski definition) is 8. The molecule has 146 valence electrons. The van der Waals surface area contributed by atoms with Crippen molar-refractivity contribution in [3.05, 3.63) is 67.5 Å².